The van der Waals surface area contributed by atoms with Gasteiger partial charge in [-0.1, -0.05) is 17.7 Å². The fraction of sp³-hybridized carbons (Fsp3) is 0.333. The zero-order valence-electron chi connectivity index (χ0n) is 15.0. The molecule has 9 nitrogen and oxygen atoms in total. The number of carboxylic acids is 2. The molecule has 0 saturated carbocycles. The van der Waals surface area contributed by atoms with E-state index in [1.807, 2.05) is 36.5 Å². The Kier molecular flexibility index (Phi) is 8.12. The van der Waals surface area contributed by atoms with E-state index < -0.39 is 11.9 Å². The number of morpholine rings is 1. The highest BCUT2D eigenvalue weighted by atomic mass is 35.5. The second kappa shape index (κ2) is 10.5. The first kappa shape index (κ1) is 21.5. The van der Waals surface area contributed by atoms with Crippen molar-refractivity contribution in [3.05, 3.63) is 47.2 Å². The monoisotopic (exact) mass is 409 g/mol. The number of aromatic nitrogens is 2. The molecular formula is C18H20ClN3O6. The first-order chi connectivity index (χ1) is 13.3. The molecule has 150 valence electrons. The number of halogens is 1. The van der Waals surface area contributed by atoms with Crippen LogP contribution < -0.4 is 0 Å². The highest BCUT2D eigenvalue weighted by molar-refractivity contribution is 6.30. The molecule has 1 aromatic heterocycles. The van der Waals surface area contributed by atoms with Gasteiger partial charge in [0.1, 0.15) is 0 Å². The van der Waals surface area contributed by atoms with Gasteiger partial charge < -0.3 is 14.9 Å². The third-order valence-corrected chi connectivity index (χ3v) is 4.02. The smallest absolute Gasteiger partial charge is 0.414 e. The molecule has 1 aliphatic heterocycles. The predicted octanol–water partition coefficient (Wildman–Crippen LogP) is 1.13. The van der Waals surface area contributed by atoms with Gasteiger partial charge in [0.2, 0.25) is 0 Å². The largest absolute Gasteiger partial charge is 0.473 e. The molecule has 1 fully saturated rings. The Morgan fingerprint density at radius 2 is 1.79 bits per heavy atom. The van der Waals surface area contributed by atoms with E-state index in [9.17, 15) is 4.79 Å². The van der Waals surface area contributed by atoms with Crippen LogP contribution in [0.3, 0.4) is 0 Å². The van der Waals surface area contributed by atoms with Gasteiger partial charge in [0, 0.05) is 24.3 Å². The van der Waals surface area contributed by atoms with Crippen LogP contribution in [0.15, 0.2) is 36.5 Å². The van der Waals surface area contributed by atoms with Crippen LogP contribution in [0.2, 0.25) is 5.02 Å². The van der Waals surface area contributed by atoms with Gasteiger partial charge in [0.15, 0.2) is 5.78 Å². The second-order valence-corrected chi connectivity index (χ2v) is 6.38. The van der Waals surface area contributed by atoms with Crippen LogP contribution in [0.4, 0.5) is 0 Å². The van der Waals surface area contributed by atoms with Crippen LogP contribution in [0.25, 0.3) is 5.69 Å². The number of nitrogens with zero attached hydrogens (tertiary/aromatic N) is 3. The van der Waals surface area contributed by atoms with Gasteiger partial charge in [-0.15, -0.1) is 0 Å². The van der Waals surface area contributed by atoms with Crippen LogP contribution >= 0.6 is 11.6 Å². The summed E-state index contributed by atoms with van der Waals surface area (Å²) in [5, 5.41) is 19.9. The maximum atomic E-state index is 12.1. The summed E-state index contributed by atoms with van der Waals surface area (Å²) in [5.41, 5.74) is 1.66. The summed E-state index contributed by atoms with van der Waals surface area (Å²) in [6.07, 6.45) is 2.20. The third-order valence-electron chi connectivity index (χ3n) is 3.78. The topological polar surface area (TPSA) is 122 Å². The Morgan fingerprint density at radius 1 is 1.11 bits per heavy atom. The normalized spacial score (nSPS) is 14.0. The van der Waals surface area contributed by atoms with Crippen molar-refractivity contribution in [2.75, 3.05) is 32.8 Å². The Labute approximate surface area is 166 Å². The van der Waals surface area contributed by atoms with Crippen LogP contribution in [0, 0.1) is 0 Å². The summed E-state index contributed by atoms with van der Waals surface area (Å²) >= 11 is 5.98. The van der Waals surface area contributed by atoms with Gasteiger partial charge in [-0.2, -0.15) is 5.10 Å². The molecule has 0 bridgehead atoms. The molecule has 2 heterocycles. The van der Waals surface area contributed by atoms with Crippen molar-refractivity contribution in [1.29, 1.82) is 0 Å². The molecule has 0 unspecified atom stereocenters. The van der Waals surface area contributed by atoms with Gasteiger partial charge in [-0.25, -0.2) is 14.3 Å². The van der Waals surface area contributed by atoms with Crippen LogP contribution in [-0.4, -0.2) is 75.5 Å². The predicted molar refractivity (Wildman–Crippen MR) is 99.8 cm³/mol. The number of ether oxygens (including phenoxy) is 1. The third kappa shape index (κ3) is 7.10. The first-order valence-corrected chi connectivity index (χ1v) is 8.81. The second-order valence-electron chi connectivity index (χ2n) is 5.95. The number of aliphatic carboxylic acids is 2. The molecule has 1 aromatic carbocycles. The summed E-state index contributed by atoms with van der Waals surface area (Å²) in [5.74, 6) is -3.47. The van der Waals surface area contributed by atoms with Crippen molar-refractivity contribution >= 4 is 29.3 Å². The molecule has 2 N–H and O–H groups in total. The number of benzene rings is 1. The maximum Gasteiger partial charge on any atom is 0.414 e. The highest BCUT2D eigenvalue weighted by Gasteiger charge is 2.15. The standard InChI is InChI=1S/C16H18ClN3O2.C2H2O4/c17-13-2-1-3-15(10-13)20-5-4-14(18-20)11-16(21)12-19-6-8-22-9-7-19;3-1(4)2(5)6/h1-5,10H,6-9,11-12H2;(H,3,4)(H,5,6). The molecule has 0 atom stereocenters. The van der Waals surface area contributed by atoms with E-state index in [1.54, 1.807) is 4.68 Å². The molecular weight excluding hydrogens is 390 g/mol. The number of Topliss-reactive ketones (excluding diaryl/α,β-unsaturated/α-hetero) is 1. The van der Waals surface area contributed by atoms with E-state index in [0.29, 0.717) is 31.2 Å². The van der Waals surface area contributed by atoms with Crippen molar-refractivity contribution in [3.8, 4) is 5.69 Å². The van der Waals surface area contributed by atoms with Gasteiger partial charge in [0.25, 0.3) is 0 Å². The lowest BCUT2D eigenvalue weighted by molar-refractivity contribution is -0.159. The fourth-order valence-corrected chi connectivity index (χ4v) is 2.67. The van der Waals surface area contributed by atoms with Gasteiger partial charge in [0.05, 0.1) is 37.6 Å². The zero-order chi connectivity index (χ0) is 20.5. The number of hydrogen-bond acceptors (Lipinski definition) is 6. The van der Waals surface area contributed by atoms with E-state index in [1.165, 1.54) is 0 Å². The number of carbonyl (C=O) groups is 3. The Hall–Kier alpha value is -2.75. The molecule has 28 heavy (non-hydrogen) atoms. The Balaban J connectivity index is 0.000000409. The van der Waals surface area contributed by atoms with E-state index >= 15 is 0 Å². The Morgan fingerprint density at radius 3 is 2.39 bits per heavy atom. The van der Waals surface area contributed by atoms with Crippen molar-refractivity contribution < 1.29 is 29.3 Å². The SMILES string of the molecule is O=C(Cc1ccn(-c2cccc(Cl)c2)n1)CN1CCOCC1.O=C(O)C(=O)O. The summed E-state index contributed by atoms with van der Waals surface area (Å²) in [4.78, 5) is 32.5. The average Bonchev–Trinajstić information content (AvgIpc) is 3.11. The van der Waals surface area contributed by atoms with Crippen LogP contribution in [0.1, 0.15) is 5.69 Å². The molecule has 0 aliphatic carbocycles. The number of carboxylic acid groups (broad SMARTS) is 2. The summed E-state index contributed by atoms with van der Waals surface area (Å²) in [6, 6.07) is 9.34. The number of ketones is 1. The van der Waals surface area contributed by atoms with Crippen molar-refractivity contribution in [1.82, 2.24) is 14.7 Å². The lowest BCUT2D eigenvalue weighted by Crippen LogP contribution is -2.39. The molecule has 10 heteroatoms. The van der Waals surface area contributed by atoms with E-state index in [-0.39, 0.29) is 5.78 Å². The summed E-state index contributed by atoms with van der Waals surface area (Å²) < 4.78 is 7.02. The molecule has 2 aromatic rings. The van der Waals surface area contributed by atoms with Crippen molar-refractivity contribution in [2.24, 2.45) is 0 Å². The van der Waals surface area contributed by atoms with Gasteiger partial charge in [-0.3, -0.25) is 9.69 Å². The van der Waals surface area contributed by atoms with Crippen LogP contribution in [0.5, 0.6) is 0 Å². The maximum absolute atomic E-state index is 12.1. The van der Waals surface area contributed by atoms with Crippen molar-refractivity contribution in [2.45, 2.75) is 6.42 Å². The molecule has 3 rings (SSSR count). The fourth-order valence-electron chi connectivity index (χ4n) is 2.48. The molecule has 0 spiro atoms. The Bertz CT molecular complexity index is 820. The minimum Gasteiger partial charge on any atom is -0.473 e. The number of carbonyl (C=O) groups excluding carboxylic acids is 1. The lowest BCUT2D eigenvalue weighted by Gasteiger charge is -2.25. The zero-order valence-corrected chi connectivity index (χ0v) is 15.7. The lowest BCUT2D eigenvalue weighted by atomic mass is 10.2. The minimum absolute atomic E-state index is 0.179. The minimum atomic E-state index is -1.82. The van der Waals surface area contributed by atoms with E-state index in [0.717, 1.165) is 24.5 Å². The quantitative estimate of drug-likeness (QED) is 0.704. The van der Waals surface area contributed by atoms with Crippen molar-refractivity contribution in [3.63, 3.8) is 0 Å². The first-order valence-electron chi connectivity index (χ1n) is 8.43. The van der Waals surface area contributed by atoms with Gasteiger partial charge >= 0.3 is 11.9 Å². The molecule has 1 saturated heterocycles. The summed E-state index contributed by atoms with van der Waals surface area (Å²) in [6.45, 7) is 3.52. The van der Waals surface area contributed by atoms with Gasteiger partial charge in [-0.05, 0) is 24.3 Å². The number of rotatable bonds is 5. The average molecular weight is 410 g/mol. The number of hydrogen-bond donors (Lipinski definition) is 2. The highest BCUT2D eigenvalue weighted by Crippen LogP contribution is 2.14. The van der Waals surface area contributed by atoms with E-state index in [4.69, 9.17) is 36.1 Å². The summed E-state index contributed by atoms with van der Waals surface area (Å²) in [7, 11) is 0. The van der Waals surface area contributed by atoms with E-state index in [2.05, 4.69) is 10.00 Å². The van der Waals surface area contributed by atoms with Crippen LogP contribution in [-0.2, 0) is 25.5 Å². The molecule has 1 aliphatic rings. The molecule has 0 amide bonds. The molecule has 0 radical (unpaired) electrons.